The van der Waals surface area contributed by atoms with E-state index in [0.717, 1.165) is 33.9 Å². The molecular weight excluding hydrogens is 415 g/mol. The average molecular weight is 439 g/mol. The van der Waals surface area contributed by atoms with E-state index in [4.69, 9.17) is 11.5 Å². The molecule has 30 heavy (non-hydrogen) atoms. The number of benzene rings is 4. The van der Waals surface area contributed by atoms with Gasteiger partial charge in [0.05, 0.1) is 22.7 Å². The highest BCUT2D eigenvalue weighted by molar-refractivity contribution is 5.86. The molecule has 0 fully saturated rings. The standard InChI is InChI=1S/C24H22N4.2ClH/c25-21-15-17(11-13-23(21)27-19-7-3-1-4-8-19)18-12-14-24(22(26)16-18)28-20-9-5-2-6-10-20;;/h1-16,27-28H,25-26H2;2*1H. The Bertz CT molecular complexity index is 998. The third-order valence-corrected chi connectivity index (χ3v) is 4.54. The molecule has 4 aromatic carbocycles. The van der Waals surface area contributed by atoms with Crippen LogP contribution in [0.25, 0.3) is 11.1 Å². The predicted octanol–water partition coefficient (Wildman–Crippen LogP) is 6.85. The number of hydrogen-bond donors (Lipinski definition) is 4. The number of rotatable bonds is 5. The van der Waals surface area contributed by atoms with Crippen LogP contribution in [0.5, 0.6) is 0 Å². The Morgan fingerprint density at radius 1 is 0.467 bits per heavy atom. The quantitative estimate of drug-likeness (QED) is 0.257. The summed E-state index contributed by atoms with van der Waals surface area (Å²) in [5.41, 5.74) is 19.7. The van der Waals surface area contributed by atoms with Crippen LogP contribution in [0.15, 0.2) is 97.1 Å². The SMILES string of the molecule is Cl.Cl.Nc1cc(-c2ccc(Nc3ccccc3)c(N)c2)ccc1Nc1ccccc1. The van der Waals surface area contributed by atoms with Crippen molar-refractivity contribution in [1.29, 1.82) is 0 Å². The summed E-state index contributed by atoms with van der Waals surface area (Å²) in [6.45, 7) is 0. The zero-order valence-electron chi connectivity index (χ0n) is 16.2. The van der Waals surface area contributed by atoms with Gasteiger partial charge in [-0.25, -0.2) is 0 Å². The van der Waals surface area contributed by atoms with Gasteiger partial charge in [-0.2, -0.15) is 0 Å². The Hall–Kier alpha value is -3.34. The van der Waals surface area contributed by atoms with Gasteiger partial charge in [-0.15, -0.1) is 24.8 Å². The van der Waals surface area contributed by atoms with Crippen LogP contribution in [0.4, 0.5) is 34.1 Å². The van der Waals surface area contributed by atoms with E-state index in [9.17, 15) is 0 Å². The van der Waals surface area contributed by atoms with Crippen LogP contribution in [0.1, 0.15) is 0 Å². The second-order valence-electron chi connectivity index (χ2n) is 6.59. The van der Waals surface area contributed by atoms with Crippen LogP contribution >= 0.6 is 24.8 Å². The van der Waals surface area contributed by atoms with Crippen LogP contribution in [0, 0.1) is 0 Å². The topological polar surface area (TPSA) is 76.1 Å². The van der Waals surface area contributed by atoms with Crippen LogP contribution in [-0.2, 0) is 0 Å². The van der Waals surface area contributed by atoms with E-state index in [2.05, 4.69) is 10.6 Å². The molecule has 0 saturated carbocycles. The highest BCUT2D eigenvalue weighted by Gasteiger charge is 2.06. The molecule has 0 radical (unpaired) electrons. The third kappa shape index (κ3) is 5.38. The molecular formula is C24H24Cl2N4. The molecule has 0 amide bonds. The van der Waals surface area contributed by atoms with Crippen molar-refractivity contribution in [3.63, 3.8) is 0 Å². The smallest absolute Gasteiger partial charge is 0.0618 e. The highest BCUT2D eigenvalue weighted by atomic mass is 35.5. The van der Waals surface area contributed by atoms with Gasteiger partial charge >= 0.3 is 0 Å². The minimum atomic E-state index is 0. The fraction of sp³-hybridized carbons (Fsp3) is 0. The predicted molar refractivity (Wildman–Crippen MR) is 135 cm³/mol. The maximum atomic E-state index is 6.27. The number of halogens is 2. The lowest BCUT2D eigenvalue weighted by atomic mass is 10.0. The lowest BCUT2D eigenvalue weighted by Gasteiger charge is -2.13. The van der Waals surface area contributed by atoms with Crippen molar-refractivity contribution in [3.8, 4) is 11.1 Å². The zero-order valence-corrected chi connectivity index (χ0v) is 17.8. The number of nitrogens with one attached hydrogen (secondary N) is 2. The highest BCUT2D eigenvalue weighted by Crippen LogP contribution is 2.32. The second kappa shape index (κ2) is 10.4. The van der Waals surface area contributed by atoms with Crippen LogP contribution in [-0.4, -0.2) is 0 Å². The summed E-state index contributed by atoms with van der Waals surface area (Å²) in [4.78, 5) is 0. The van der Waals surface area contributed by atoms with Crippen LogP contribution in [0.2, 0.25) is 0 Å². The Balaban J connectivity index is 0.00000160. The molecule has 6 heteroatoms. The summed E-state index contributed by atoms with van der Waals surface area (Å²) >= 11 is 0. The lowest BCUT2D eigenvalue weighted by Crippen LogP contribution is -1.98. The minimum Gasteiger partial charge on any atom is -0.397 e. The number of para-hydroxylation sites is 2. The van der Waals surface area contributed by atoms with Crippen molar-refractivity contribution in [2.24, 2.45) is 0 Å². The molecule has 0 bridgehead atoms. The van der Waals surface area contributed by atoms with Gasteiger partial charge in [-0.05, 0) is 59.7 Å². The summed E-state index contributed by atoms with van der Waals surface area (Å²) in [6, 6.07) is 31.9. The zero-order chi connectivity index (χ0) is 19.3. The van der Waals surface area contributed by atoms with Gasteiger partial charge in [-0.1, -0.05) is 48.5 Å². The van der Waals surface area contributed by atoms with E-state index < -0.39 is 0 Å². The van der Waals surface area contributed by atoms with E-state index in [-0.39, 0.29) is 24.8 Å². The Kier molecular flexibility index (Phi) is 7.98. The third-order valence-electron chi connectivity index (χ3n) is 4.54. The first-order valence-electron chi connectivity index (χ1n) is 9.12. The fourth-order valence-electron chi connectivity index (χ4n) is 3.07. The van der Waals surface area contributed by atoms with E-state index in [1.807, 2.05) is 97.1 Å². The molecule has 6 N–H and O–H groups in total. The van der Waals surface area contributed by atoms with Gasteiger partial charge in [0.1, 0.15) is 0 Å². The molecule has 0 aliphatic rings. The van der Waals surface area contributed by atoms with Crippen molar-refractivity contribution >= 4 is 58.9 Å². The first-order chi connectivity index (χ1) is 13.7. The van der Waals surface area contributed by atoms with Crippen molar-refractivity contribution in [2.75, 3.05) is 22.1 Å². The second-order valence-corrected chi connectivity index (χ2v) is 6.59. The van der Waals surface area contributed by atoms with E-state index in [1.165, 1.54) is 0 Å². The van der Waals surface area contributed by atoms with Gasteiger partial charge in [0.2, 0.25) is 0 Å². The summed E-state index contributed by atoms with van der Waals surface area (Å²) < 4.78 is 0. The van der Waals surface area contributed by atoms with Crippen LogP contribution < -0.4 is 22.1 Å². The Morgan fingerprint density at radius 2 is 0.833 bits per heavy atom. The maximum absolute atomic E-state index is 6.27. The molecule has 4 nitrogen and oxygen atoms in total. The molecule has 0 aromatic heterocycles. The van der Waals surface area contributed by atoms with E-state index in [0.29, 0.717) is 11.4 Å². The van der Waals surface area contributed by atoms with Gasteiger partial charge in [0, 0.05) is 11.4 Å². The maximum Gasteiger partial charge on any atom is 0.0618 e. The molecule has 0 aliphatic heterocycles. The van der Waals surface area contributed by atoms with Gasteiger partial charge in [0.25, 0.3) is 0 Å². The van der Waals surface area contributed by atoms with Crippen molar-refractivity contribution in [3.05, 3.63) is 97.1 Å². The molecule has 0 atom stereocenters. The fourth-order valence-corrected chi connectivity index (χ4v) is 3.07. The summed E-state index contributed by atoms with van der Waals surface area (Å²) in [5.74, 6) is 0. The normalized spacial score (nSPS) is 9.73. The van der Waals surface area contributed by atoms with E-state index in [1.54, 1.807) is 0 Å². The van der Waals surface area contributed by atoms with Crippen molar-refractivity contribution in [2.45, 2.75) is 0 Å². The summed E-state index contributed by atoms with van der Waals surface area (Å²) in [6.07, 6.45) is 0. The van der Waals surface area contributed by atoms with Gasteiger partial charge in [0.15, 0.2) is 0 Å². The average Bonchev–Trinajstić information content (AvgIpc) is 2.72. The molecule has 0 unspecified atom stereocenters. The summed E-state index contributed by atoms with van der Waals surface area (Å²) in [5, 5.41) is 6.68. The first kappa shape index (κ1) is 22.9. The van der Waals surface area contributed by atoms with E-state index >= 15 is 0 Å². The Labute approximate surface area is 189 Å². The molecule has 4 aromatic rings. The number of nitrogen functional groups attached to an aromatic ring is 2. The molecule has 0 aliphatic carbocycles. The molecule has 154 valence electrons. The number of hydrogen-bond acceptors (Lipinski definition) is 4. The molecule has 4 rings (SSSR count). The first-order valence-corrected chi connectivity index (χ1v) is 9.12. The monoisotopic (exact) mass is 438 g/mol. The summed E-state index contributed by atoms with van der Waals surface area (Å²) in [7, 11) is 0. The lowest BCUT2D eigenvalue weighted by molar-refractivity contribution is 1.52. The van der Waals surface area contributed by atoms with Crippen LogP contribution in [0.3, 0.4) is 0 Å². The molecule has 0 spiro atoms. The van der Waals surface area contributed by atoms with Gasteiger partial charge in [-0.3, -0.25) is 0 Å². The minimum absolute atomic E-state index is 0. The Morgan fingerprint density at radius 3 is 1.17 bits per heavy atom. The van der Waals surface area contributed by atoms with Gasteiger partial charge < -0.3 is 22.1 Å². The van der Waals surface area contributed by atoms with Crippen molar-refractivity contribution in [1.82, 2.24) is 0 Å². The van der Waals surface area contributed by atoms with Crippen molar-refractivity contribution < 1.29 is 0 Å². The molecule has 0 heterocycles. The number of nitrogens with two attached hydrogens (primary N) is 2. The number of anilines is 6. The molecule has 0 saturated heterocycles. The largest absolute Gasteiger partial charge is 0.397 e.